The Morgan fingerprint density at radius 1 is 1.19 bits per heavy atom. The van der Waals surface area contributed by atoms with E-state index in [1.54, 1.807) is 0 Å². The van der Waals surface area contributed by atoms with E-state index in [9.17, 15) is 4.79 Å². The Balaban J connectivity index is 1.44. The van der Waals surface area contributed by atoms with E-state index in [1.807, 2.05) is 15.8 Å². The fraction of sp³-hybridized carbons (Fsp3) is 0.320. The summed E-state index contributed by atoms with van der Waals surface area (Å²) in [6, 6.07) is 8.56. The van der Waals surface area contributed by atoms with Crippen molar-refractivity contribution in [3.63, 3.8) is 0 Å². The Morgan fingerprint density at radius 2 is 2.06 bits per heavy atom. The number of aliphatic imine (C=N–C) groups is 1. The molecule has 3 aromatic rings. The number of rotatable bonds is 2. The van der Waals surface area contributed by atoms with Crippen LogP contribution in [-0.2, 0) is 11.2 Å². The normalized spacial score (nSPS) is 18.6. The van der Waals surface area contributed by atoms with Crippen LogP contribution in [0.5, 0.6) is 0 Å². The number of carbonyl (C=O) groups is 1. The van der Waals surface area contributed by atoms with Gasteiger partial charge in [-0.15, -0.1) is 0 Å². The van der Waals surface area contributed by atoms with Crippen molar-refractivity contribution in [1.29, 1.82) is 0 Å². The Hall–Kier alpha value is -3.41. The molecule has 0 bridgehead atoms. The van der Waals surface area contributed by atoms with E-state index in [0.29, 0.717) is 12.5 Å². The quantitative estimate of drug-likeness (QED) is 0.689. The molecule has 1 N–H and O–H groups in total. The van der Waals surface area contributed by atoms with Crippen molar-refractivity contribution in [1.82, 2.24) is 19.4 Å². The first kappa shape index (κ1) is 18.4. The van der Waals surface area contributed by atoms with Crippen molar-refractivity contribution < 1.29 is 4.79 Å². The van der Waals surface area contributed by atoms with E-state index in [2.05, 4.69) is 64.6 Å². The monoisotopic (exact) mass is 411 g/mol. The summed E-state index contributed by atoms with van der Waals surface area (Å²) in [4.78, 5) is 27.4. The molecular formula is C25H25N5O. The Morgan fingerprint density at radius 3 is 2.84 bits per heavy atom. The van der Waals surface area contributed by atoms with Gasteiger partial charge in [-0.05, 0) is 48.9 Å². The number of nitrogens with one attached hydrogen (secondary N) is 1. The molecular weight excluding hydrogens is 386 g/mol. The van der Waals surface area contributed by atoms with Gasteiger partial charge in [0.25, 0.3) is 0 Å². The number of hydrogen-bond donors (Lipinski definition) is 1. The fourth-order valence-corrected chi connectivity index (χ4v) is 4.87. The number of imidazole rings is 1. The maximum Gasteiger partial charge on any atom is 0.248 e. The number of amides is 1. The van der Waals surface area contributed by atoms with Gasteiger partial charge >= 0.3 is 0 Å². The van der Waals surface area contributed by atoms with Crippen molar-refractivity contribution in [2.75, 3.05) is 13.1 Å². The highest BCUT2D eigenvalue weighted by Gasteiger charge is 2.30. The zero-order chi connectivity index (χ0) is 20.9. The molecule has 1 fully saturated rings. The summed E-state index contributed by atoms with van der Waals surface area (Å²) in [5, 5.41) is 0. The van der Waals surface area contributed by atoms with Gasteiger partial charge in [-0.25, -0.2) is 4.98 Å². The highest BCUT2D eigenvalue weighted by atomic mass is 16.2. The minimum absolute atomic E-state index is 0.0501. The molecule has 4 heterocycles. The van der Waals surface area contributed by atoms with E-state index in [0.717, 1.165) is 34.9 Å². The van der Waals surface area contributed by atoms with E-state index < -0.39 is 0 Å². The van der Waals surface area contributed by atoms with E-state index in [-0.39, 0.29) is 12.5 Å². The minimum Gasteiger partial charge on any atom is -0.365 e. The Labute approximate surface area is 181 Å². The van der Waals surface area contributed by atoms with Gasteiger partial charge in [0.2, 0.25) is 5.91 Å². The second-order valence-corrected chi connectivity index (χ2v) is 8.74. The number of carbonyl (C=O) groups excluding carboxylic acids is 1. The lowest BCUT2D eigenvalue weighted by Gasteiger charge is -2.31. The van der Waals surface area contributed by atoms with Crippen LogP contribution in [0.2, 0.25) is 0 Å². The largest absolute Gasteiger partial charge is 0.365 e. The number of allylic oxidation sites excluding steroid dienone is 1. The standard InChI is InChI=1S/C25H25N5O/c1-16-10-18(12-26-16)19-6-3-7-21-20(19)8-9-30-23(21)11-24(27-13-25(30)31)29-14-22(28-15-29)17-4-2-5-17/h3,6-7,10-12,14-15,17,26H,2,4-5,8-9,13H2,1H3. The molecule has 6 nitrogen and oxygen atoms in total. The zero-order valence-electron chi connectivity index (χ0n) is 17.6. The number of aromatic amines is 1. The van der Waals surface area contributed by atoms with Crippen LogP contribution in [0.25, 0.3) is 16.8 Å². The summed E-state index contributed by atoms with van der Waals surface area (Å²) < 4.78 is 1.98. The Kier molecular flexibility index (Phi) is 4.19. The molecule has 0 atom stereocenters. The third-order valence-electron chi connectivity index (χ3n) is 6.80. The number of benzene rings is 1. The maximum absolute atomic E-state index is 12.9. The van der Waals surface area contributed by atoms with Crippen molar-refractivity contribution in [2.24, 2.45) is 4.99 Å². The number of fused-ring (bicyclic) bond motifs is 3. The van der Waals surface area contributed by atoms with Gasteiger partial charge in [-0.2, -0.15) is 0 Å². The van der Waals surface area contributed by atoms with Crippen LogP contribution in [0.3, 0.4) is 0 Å². The first-order valence-corrected chi connectivity index (χ1v) is 11.1. The number of nitrogens with zero attached hydrogens (tertiary/aromatic N) is 4. The third-order valence-corrected chi connectivity index (χ3v) is 6.80. The van der Waals surface area contributed by atoms with E-state index in [1.165, 1.54) is 36.0 Å². The van der Waals surface area contributed by atoms with Crippen molar-refractivity contribution in [2.45, 2.75) is 38.5 Å². The fourth-order valence-electron chi connectivity index (χ4n) is 4.87. The van der Waals surface area contributed by atoms with Gasteiger partial charge in [-0.3, -0.25) is 14.4 Å². The summed E-state index contributed by atoms with van der Waals surface area (Å²) in [6.45, 7) is 2.91. The summed E-state index contributed by atoms with van der Waals surface area (Å²) in [5.74, 6) is 1.40. The molecule has 1 aliphatic carbocycles. The van der Waals surface area contributed by atoms with Crippen molar-refractivity contribution in [3.8, 4) is 11.1 Å². The van der Waals surface area contributed by atoms with Crippen molar-refractivity contribution in [3.05, 3.63) is 71.6 Å². The molecule has 6 rings (SSSR count). The van der Waals surface area contributed by atoms with Gasteiger partial charge in [0.15, 0.2) is 0 Å². The predicted octanol–water partition coefficient (Wildman–Crippen LogP) is 4.14. The molecule has 0 radical (unpaired) electrons. The molecule has 31 heavy (non-hydrogen) atoms. The molecule has 1 amide bonds. The summed E-state index contributed by atoms with van der Waals surface area (Å²) >= 11 is 0. The SMILES string of the molecule is Cc1cc(-c2cccc3c2CCN2C(=O)CN=C(n4cnc(C5CCC5)c4)C=C32)c[nH]1. The van der Waals surface area contributed by atoms with Gasteiger partial charge in [-0.1, -0.05) is 24.6 Å². The predicted molar refractivity (Wildman–Crippen MR) is 121 cm³/mol. The van der Waals surface area contributed by atoms with Crippen LogP contribution in [0, 0.1) is 6.92 Å². The lowest BCUT2D eigenvalue weighted by molar-refractivity contribution is -0.126. The molecule has 6 heteroatoms. The lowest BCUT2D eigenvalue weighted by Crippen LogP contribution is -2.36. The molecule has 1 aromatic carbocycles. The highest BCUT2D eigenvalue weighted by Crippen LogP contribution is 2.37. The molecule has 3 aliphatic rings. The number of aromatic nitrogens is 3. The topological polar surface area (TPSA) is 66.3 Å². The van der Waals surface area contributed by atoms with Crippen LogP contribution in [-0.4, -0.2) is 44.3 Å². The summed E-state index contributed by atoms with van der Waals surface area (Å²) in [6.07, 6.45) is 12.6. The van der Waals surface area contributed by atoms with Crippen molar-refractivity contribution >= 4 is 17.4 Å². The van der Waals surface area contributed by atoms with Crippen LogP contribution >= 0.6 is 0 Å². The second-order valence-electron chi connectivity index (χ2n) is 8.74. The van der Waals surface area contributed by atoms with Gasteiger partial charge in [0.05, 0.1) is 11.4 Å². The molecule has 0 spiro atoms. The van der Waals surface area contributed by atoms with Crippen LogP contribution in [0.15, 0.2) is 54.1 Å². The molecule has 1 saturated carbocycles. The molecule has 2 aromatic heterocycles. The lowest BCUT2D eigenvalue weighted by atomic mass is 9.83. The smallest absolute Gasteiger partial charge is 0.248 e. The Bertz CT molecular complexity index is 1240. The molecule has 2 aliphatic heterocycles. The first-order valence-electron chi connectivity index (χ1n) is 11.1. The summed E-state index contributed by atoms with van der Waals surface area (Å²) in [5.41, 5.74) is 8.04. The molecule has 0 unspecified atom stereocenters. The maximum atomic E-state index is 12.9. The van der Waals surface area contributed by atoms with E-state index in [4.69, 9.17) is 0 Å². The average molecular weight is 412 g/mol. The van der Waals surface area contributed by atoms with Crippen LogP contribution in [0.4, 0.5) is 0 Å². The summed E-state index contributed by atoms with van der Waals surface area (Å²) in [7, 11) is 0. The van der Waals surface area contributed by atoms with E-state index >= 15 is 0 Å². The van der Waals surface area contributed by atoms with Gasteiger partial charge in [0.1, 0.15) is 18.7 Å². The molecule has 0 saturated heterocycles. The minimum atomic E-state index is 0.0501. The first-order chi connectivity index (χ1) is 15.2. The molecule has 156 valence electrons. The number of aryl methyl sites for hydroxylation is 1. The highest BCUT2D eigenvalue weighted by molar-refractivity contribution is 6.06. The van der Waals surface area contributed by atoms with Crippen LogP contribution < -0.4 is 0 Å². The third kappa shape index (κ3) is 3.05. The van der Waals surface area contributed by atoms with Gasteiger partial charge < -0.3 is 9.88 Å². The average Bonchev–Trinajstić information content (AvgIpc) is 3.34. The van der Waals surface area contributed by atoms with Crippen LogP contribution in [0.1, 0.15) is 47.7 Å². The second kappa shape index (κ2) is 7.08. The number of hydrogen-bond acceptors (Lipinski definition) is 3. The van der Waals surface area contributed by atoms with Gasteiger partial charge in [0, 0.05) is 42.2 Å². The zero-order valence-corrected chi connectivity index (χ0v) is 17.6. The number of H-pyrrole nitrogens is 1.